The normalized spacial score (nSPS) is 20.7. The van der Waals surface area contributed by atoms with Crippen LogP contribution in [0, 0.1) is 12.7 Å². The highest BCUT2D eigenvalue weighted by atomic mass is 32.2. The van der Waals surface area contributed by atoms with Crippen molar-refractivity contribution in [2.75, 3.05) is 0 Å². The summed E-state index contributed by atoms with van der Waals surface area (Å²) in [5.74, 6) is 0.332. The molecule has 1 aliphatic heterocycles. The van der Waals surface area contributed by atoms with Crippen molar-refractivity contribution in [1.29, 1.82) is 0 Å². The molecule has 0 atom stereocenters. The second-order valence-corrected chi connectivity index (χ2v) is 10.3. The number of halogens is 1. The standard InChI is InChI=1S/C23H29BFNO3S/c1-15-12-18(14-21(26-15)27-17-8-6-7-9-17)30-20-11-10-16(13-19(20)25)24-28-22(2,3)23(4,5)29-24/h10-14,17H,6-9H2,1-5H3. The van der Waals surface area contributed by atoms with Gasteiger partial charge in [0.2, 0.25) is 5.88 Å². The Bertz CT molecular complexity index is 915. The Morgan fingerprint density at radius 2 is 1.73 bits per heavy atom. The molecule has 1 saturated carbocycles. The number of hydrogen-bond donors (Lipinski definition) is 0. The maximum atomic E-state index is 14.9. The van der Waals surface area contributed by atoms with Crippen molar-refractivity contribution in [3.8, 4) is 5.88 Å². The number of ether oxygens (including phenoxy) is 1. The number of rotatable bonds is 5. The highest BCUT2D eigenvalue weighted by Crippen LogP contribution is 2.37. The fourth-order valence-electron chi connectivity index (χ4n) is 3.76. The SMILES string of the molecule is Cc1cc(Sc2ccc(B3OC(C)(C)C(C)(C)O3)cc2F)cc(OC2CCCC2)n1. The lowest BCUT2D eigenvalue weighted by atomic mass is 9.79. The van der Waals surface area contributed by atoms with Crippen LogP contribution in [-0.2, 0) is 9.31 Å². The van der Waals surface area contributed by atoms with E-state index in [9.17, 15) is 4.39 Å². The van der Waals surface area contributed by atoms with E-state index in [0.717, 1.165) is 23.4 Å². The lowest BCUT2D eigenvalue weighted by Crippen LogP contribution is -2.41. The summed E-state index contributed by atoms with van der Waals surface area (Å²) >= 11 is 1.37. The van der Waals surface area contributed by atoms with Crippen molar-refractivity contribution in [3.05, 3.63) is 41.8 Å². The monoisotopic (exact) mass is 429 g/mol. The first-order valence-electron chi connectivity index (χ1n) is 10.6. The molecule has 1 aliphatic carbocycles. The van der Waals surface area contributed by atoms with Gasteiger partial charge in [-0.3, -0.25) is 0 Å². The summed E-state index contributed by atoms with van der Waals surface area (Å²) in [4.78, 5) is 5.96. The highest BCUT2D eigenvalue weighted by molar-refractivity contribution is 7.99. The van der Waals surface area contributed by atoms with Crippen LogP contribution >= 0.6 is 11.8 Å². The van der Waals surface area contributed by atoms with Gasteiger partial charge in [-0.25, -0.2) is 9.37 Å². The van der Waals surface area contributed by atoms with Crippen LogP contribution in [0.25, 0.3) is 0 Å². The van der Waals surface area contributed by atoms with Crippen LogP contribution in [0.3, 0.4) is 0 Å². The molecular weight excluding hydrogens is 400 g/mol. The van der Waals surface area contributed by atoms with Crippen LogP contribution in [0.15, 0.2) is 40.1 Å². The average molecular weight is 429 g/mol. The van der Waals surface area contributed by atoms with Crippen LogP contribution in [0.2, 0.25) is 0 Å². The molecule has 4 rings (SSSR count). The number of hydrogen-bond acceptors (Lipinski definition) is 5. The molecule has 0 bridgehead atoms. The van der Waals surface area contributed by atoms with Crippen molar-refractivity contribution in [3.63, 3.8) is 0 Å². The first-order valence-corrected chi connectivity index (χ1v) is 11.4. The molecule has 1 aromatic carbocycles. The van der Waals surface area contributed by atoms with E-state index in [4.69, 9.17) is 14.0 Å². The number of aromatic nitrogens is 1. The van der Waals surface area contributed by atoms with Crippen LogP contribution in [0.1, 0.15) is 59.1 Å². The summed E-state index contributed by atoms with van der Waals surface area (Å²) in [5.41, 5.74) is 0.645. The van der Waals surface area contributed by atoms with E-state index in [0.29, 0.717) is 16.2 Å². The minimum atomic E-state index is -0.571. The maximum Gasteiger partial charge on any atom is 0.494 e. The Kier molecular flexibility index (Phi) is 5.90. The largest absolute Gasteiger partial charge is 0.494 e. The molecular formula is C23H29BFNO3S. The van der Waals surface area contributed by atoms with Gasteiger partial charge >= 0.3 is 7.12 Å². The highest BCUT2D eigenvalue weighted by Gasteiger charge is 2.51. The van der Waals surface area contributed by atoms with Crippen molar-refractivity contribution < 1.29 is 18.4 Å². The molecule has 30 heavy (non-hydrogen) atoms. The minimum absolute atomic E-state index is 0.244. The van der Waals surface area contributed by atoms with E-state index in [2.05, 4.69) is 4.98 Å². The van der Waals surface area contributed by atoms with Crippen LogP contribution in [0.5, 0.6) is 5.88 Å². The second-order valence-electron chi connectivity index (χ2n) is 9.19. The van der Waals surface area contributed by atoms with Gasteiger partial charge in [0.05, 0.1) is 11.2 Å². The Hall–Kier alpha value is -1.57. The maximum absolute atomic E-state index is 14.9. The summed E-state index contributed by atoms with van der Waals surface area (Å²) in [7, 11) is -0.571. The first-order chi connectivity index (χ1) is 14.1. The molecule has 1 saturated heterocycles. The van der Waals surface area contributed by atoms with Crippen molar-refractivity contribution in [2.45, 2.75) is 87.4 Å². The molecule has 2 heterocycles. The van der Waals surface area contributed by atoms with Gasteiger partial charge in [0.1, 0.15) is 11.9 Å². The van der Waals surface area contributed by atoms with E-state index in [-0.39, 0.29) is 11.9 Å². The molecule has 0 radical (unpaired) electrons. The molecule has 2 aliphatic rings. The molecule has 0 N–H and O–H groups in total. The zero-order chi connectivity index (χ0) is 21.5. The van der Waals surface area contributed by atoms with Crippen molar-refractivity contribution >= 4 is 24.3 Å². The number of nitrogens with zero attached hydrogens (tertiary/aromatic N) is 1. The van der Waals surface area contributed by atoms with Gasteiger partial charge in [-0.1, -0.05) is 17.8 Å². The number of aryl methyl sites for hydroxylation is 1. The zero-order valence-electron chi connectivity index (χ0n) is 18.3. The fourth-order valence-corrected chi connectivity index (χ4v) is 4.69. The van der Waals surface area contributed by atoms with Gasteiger partial charge in [-0.05, 0) is 84.0 Å². The average Bonchev–Trinajstić information content (AvgIpc) is 3.22. The Morgan fingerprint density at radius 1 is 1.07 bits per heavy atom. The molecule has 0 amide bonds. The van der Waals surface area contributed by atoms with Crippen molar-refractivity contribution in [2.24, 2.45) is 0 Å². The van der Waals surface area contributed by atoms with E-state index in [1.165, 1.54) is 30.7 Å². The van der Waals surface area contributed by atoms with Gasteiger partial charge in [-0.15, -0.1) is 0 Å². The predicted octanol–water partition coefficient (Wildman–Crippen LogP) is 5.30. The van der Waals surface area contributed by atoms with Gasteiger partial charge < -0.3 is 14.0 Å². The second kappa shape index (κ2) is 8.17. The lowest BCUT2D eigenvalue weighted by molar-refractivity contribution is 0.00578. The van der Waals surface area contributed by atoms with Crippen molar-refractivity contribution in [1.82, 2.24) is 4.98 Å². The lowest BCUT2D eigenvalue weighted by Gasteiger charge is -2.32. The van der Waals surface area contributed by atoms with E-state index < -0.39 is 18.3 Å². The Morgan fingerprint density at radius 3 is 2.37 bits per heavy atom. The molecule has 4 nitrogen and oxygen atoms in total. The zero-order valence-corrected chi connectivity index (χ0v) is 19.1. The molecule has 160 valence electrons. The smallest absolute Gasteiger partial charge is 0.474 e. The topological polar surface area (TPSA) is 40.6 Å². The van der Waals surface area contributed by atoms with Gasteiger partial charge in [0.15, 0.2) is 0 Å². The third-order valence-electron chi connectivity index (χ3n) is 6.20. The Labute approximate surface area is 183 Å². The van der Waals surface area contributed by atoms with Gasteiger partial charge in [-0.2, -0.15) is 0 Å². The summed E-state index contributed by atoms with van der Waals surface area (Å²) in [6.07, 6.45) is 4.81. The third-order valence-corrected chi connectivity index (χ3v) is 7.22. The molecule has 2 fully saturated rings. The fraction of sp³-hybridized carbons (Fsp3) is 0.522. The van der Waals surface area contributed by atoms with Gasteiger partial charge in [0, 0.05) is 21.6 Å². The number of benzene rings is 1. The third kappa shape index (κ3) is 4.53. The van der Waals surface area contributed by atoms with Crippen LogP contribution in [-0.4, -0.2) is 29.4 Å². The molecule has 0 unspecified atom stereocenters. The quantitative estimate of drug-likeness (QED) is 0.604. The molecule has 2 aromatic rings. The predicted molar refractivity (Wildman–Crippen MR) is 118 cm³/mol. The summed E-state index contributed by atoms with van der Waals surface area (Å²) in [6, 6.07) is 9.02. The van der Waals surface area contributed by atoms with E-state index in [1.54, 1.807) is 6.07 Å². The van der Waals surface area contributed by atoms with E-state index >= 15 is 0 Å². The Balaban J connectivity index is 1.50. The minimum Gasteiger partial charge on any atom is -0.474 e. The summed E-state index contributed by atoms with van der Waals surface area (Å²) < 4.78 is 33.0. The van der Waals surface area contributed by atoms with Crippen LogP contribution < -0.4 is 10.2 Å². The molecule has 1 aromatic heterocycles. The molecule has 7 heteroatoms. The first kappa shape index (κ1) is 21.7. The number of pyridine rings is 1. The summed E-state index contributed by atoms with van der Waals surface area (Å²) in [6.45, 7) is 9.90. The molecule has 0 spiro atoms. The summed E-state index contributed by atoms with van der Waals surface area (Å²) in [5, 5.41) is 0. The van der Waals surface area contributed by atoms with Gasteiger partial charge in [0.25, 0.3) is 0 Å². The van der Waals surface area contributed by atoms with E-state index in [1.807, 2.05) is 52.8 Å². The van der Waals surface area contributed by atoms with Crippen LogP contribution in [0.4, 0.5) is 4.39 Å².